The van der Waals surface area contributed by atoms with Crippen molar-refractivity contribution in [3.63, 3.8) is 0 Å². The second-order valence-electron chi connectivity index (χ2n) is 12.4. The van der Waals surface area contributed by atoms with Crippen LogP contribution in [0.25, 0.3) is 0 Å². The van der Waals surface area contributed by atoms with Gasteiger partial charge in [0.15, 0.2) is 11.5 Å². The van der Waals surface area contributed by atoms with Crippen LogP contribution in [0.3, 0.4) is 0 Å². The van der Waals surface area contributed by atoms with E-state index in [4.69, 9.17) is 4.74 Å². The lowest BCUT2D eigenvalue weighted by Gasteiger charge is -2.44. The van der Waals surface area contributed by atoms with Crippen molar-refractivity contribution in [1.82, 2.24) is 0 Å². The molecule has 2 saturated heterocycles. The quantitative estimate of drug-likeness (QED) is 0.248. The molecular weight excluding hydrogens is 620 g/mol. The van der Waals surface area contributed by atoms with E-state index >= 15 is 0 Å². The average Bonchev–Trinajstić information content (AvgIpc) is 3.48. The van der Waals surface area contributed by atoms with Crippen molar-refractivity contribution in [3.8, 4) is 11.5 Å². The normalized spacial score (nSPS) is 26.1. The first-order valence-electron chi connectivity index (χ1n) is 15.6. The third-order valence-corrected chi connectivity index (χ3v) is 9.99. The summed E-state index contributed by atoms with van der Waals surface area (Å²) in [6.07, 6.45) is 2.15. The molecule has 48 heavy (non-hydrogen) atoms. The maximum absolute atomic E-state index is 14.3. The van der Waals surface area contributed by atoms with Crippen molar-refractivity contribution < 1.29 is 48.8 Å². The molecular formula is C36H30N2O10. The second kappa shape index (κ2) is 11.5. The third-order valence-electron chi connectivity index (χ3n) is 9.99. The van der Waals surface area contributed by atoms with E-state index in [0.717, 1.165) is 15.4 Å². The van der Waals surface area contributed by atoms with Crippen LogP contribution in [-0.2, 0) is 19.2 Å². The third kappa shape index (κ3) is 4.66. The number of hydrogen-bond donors (Lipinski definition) is 3. The number of anilines is 2. The second-order valence-corrected chi connectivity index (χ2v) is 12.4. The Hall–Kier alpha value is -5.78. The molecule has 0 unspecified atom stereocenters. The summed E-state index contributed by atoms with van der Waals surface area (Å²) in [6.45, 7) is 2.01. The number of amides is 4. The van der Waals surface area contributed by atoms with Gasteiger partial charge >= 0.3 is 11.9 Å². The molecule has 3 aromatic carbocycles. The molecule has 3 fully saturated rings. The first-order valence-corrected chi connectivity index (χ1v) is 15.6. The van der Waals surface area contributed by atoms with Crippen molar-refractivity contribution in [2.24, 2.45) is 29.6 Å². The zero-order valence-corrected chi connectivity index (χ0v) is 25.6. The van der Waals surface area contributed by atoms with Gasteiger partial charge in [-0.25, -0.2) is 9.59 Å². The molecule has 0 spiro atoms. The number of allylic oxidation sites excluding steroid dienone is 2. The summed E-state index contributed by atoms with van der Waals surface area (Å²) < 4.78 is 5.64. The molecule has 0 radical (unpaired) electrons. The number of imide groups is 2. The van der Waals surface area contributed by atoms with E-state index in [-0.39, 0.29) is 53.4 Å². The van der Waals surface area contributed by atoms with Gasteiger partial charge in [0.1, 0.15) is 0 Å². The van der Waals surface area contributed by atoms with Gasteiger partial charge in [0, 0.05) is 5.92 Å². The molecule has 7 rings (SSSR count). The number of rotatable bonds is 7. The Morgan fingerprint density at radius 3 is 1.92 bits per heavy atom. The van der Waals surface area contributed by atoms with Crippen molar-refractivity contribution >= 4 is 46.9 Å². The number of carbonyl (C=O) groups excluding carboxylic acids is 4. The highest BCUT2D eigenvalue weighted by molar-refractivity contribution is 6.24. The van der Waals surface area contributed by atoms with Crippen molar-refractivity contribution in [3.05, 3.63) is 95.1 Å². The minimum atomic E-state index is -1.22. The maximum Gasteiger partial charge on any atom is 0.335 e. The van der Waals surface area contributed by atoms with E-state index in [1.807, 2.05) is 6.08 Å². The van der Waals surface area contributed by atoms with E-state index in [0.29, 0.717) is 5.56 Å². The lowest BCUT2D eigenvalue weighted by molar-refractivity contribution is -0.126. The number of carboxylic acids is 2. The fourth-order valence-corrected chi connectivity index (χ4v) is 8.02. The van der Waals surface area contributed by atoms with E-state index < -0.39 is 71.1 Å². The van der Waals surface area contributed by atoms with Gasteiger partial charge in [0.05, 0.1) is 52.8 Å². The van der Waals surface area contributed by atoms with E-state index in [2.05, 4.69) is 0 Å². The van der Waals surface area contributed by atoms with Gasteiger partial charge < -0.3 is 20.1 Å². The summed E-state index contributed by atoms with van der Waals surface area (Å²) in [7, 11) is 0. The first-order chi connectivity index (χ1) is 23.0. The summed E-state index contributed by atoms with van der Waals surface area (Å²) in [5.41, 5.74) is 1.37. The van der Waals surface area contributed by atoms with Crippen LogP contribution in [0, 0.1) is 29.6 Å². The van der Waals surface area contributed by atoms with Gasteiger partial charge in [-0.3, -0.25) is 29.0 Å². The summed E-state index contributed by atoms with van der Waals surface area (Å²) >= 11 is 0. The summed E-state index contributed by atoms with van der Waals surface area (Å²) in [4.78, 5) is 81.9. The number of fused-ring (bicyclic) bond motifs is 4. The molecule has 1 saturated carbocycles. The van der Waals surface area contributed by atoms with Crippen LogP contribution < -0.4 is 14.5 Å². The first kappa shape index (κ1) is 30.9. The monoisotopic (exact) mass is 650 g/mol. The summed E-state index contributed by atoms with van der Waals surface area (Å²) in [6, 6.07) is 15.9. The van der Waals surface area contributed by atoms with Gasteiger partial charge in [-0.05, 0) is 79.8 Å². The molecule has 2 aliphatic heterocycles. The van der Waals surface area contributed by atoms with Crippen molar-refractivity contribution in [2.45, 2.75) is 25.7 Å². The molecule has 12 heteroatoms. The Bertz CT molecular complexity index is 1970. The Balaban J connectivity index is 1.34. The van der Waals surface area contributed by atoms with Crippen LogP contribution >= 0.6 is 0 Å². The van der Waals surface area contributed by atoms with E-state index in [1.165, 1.54) is 54.6 Å². The molecule has 244 valence electrons. The number of hydrogen-bond acceptors (Lipinski definition) is 8. The molecule has 0 aromatic heterocycles. The average molecular weight is 651 g/mol. The predicted molar refractivity (Wildman–Crippen MR) is 169 cm³/mol. The highest BCUT2D eigenvalue weighted by Gasteiger charge is 2.62. The van der Waals surface area contributed by atoms with Crippen molar-refractivity contribution in [1.29, 1.82) is 0 Å². The van der Waals surface area contributed by atoms with Crippen LogP contribution in [-0.4, -0.2) is 57.5 Å². The molecule has 4 aliphatic rings. The van der Waals surface area contributed by atoms with Crippen molar-refractivity contribution in [2.75, 3.05) is 16.4 Å². The molecule has 0 bridgehead atoms. The maximum atomic E-state index is 14.3. The topological polar surface area (TPSA) is 179 Å². The zero-order valence-electron chi connectivity index (χ0n) is 25.6. The highest BCUT2D eigenvalue weighted by Crippen LogP contribution is 2.59. The lowest BCUT2D eigenvalue weighted by Crippen LogP contribution is -2.43. The largest absolute Gasteiger partial charge is 0.504 e. The highest BCUT2D eigenvalue weighted by atomic mass is 16.5. The number of phenolic OH excluding ortho intramolecular Hbond substituents is 1. The number of aromatic hydroxyl groups is 1. The SMILES string of the molecule is CCOc1cc([C@H]2C3=CC[C@@H]4C(=O)N(c5cccc(C(=O)O)c5)C(=O)[C@@H]4[C@@H]3C[C@H]3C(=O)N(c4cccc(C(=O)O)c4)C(=O)[C@@H]23)ccc1O. The van der Waals surface area contributed by atoms with Crippen LogP contribution in [0.2, 0.25) is 0 Å². The van der Waals surface area contributed by atoms with Gasteiger partial charge in [0.2, 0.25) is 23.6 Å². The summed E-state index contributed by atoms with van der Waals surface area (Å²) in [5.74, 6) is -9.20. The minimum absolute atomic E-state index is 0.0816. The fourth-order valence-electron chi connectivity index (χ4n) is 8.02. The number of carboxylic acid groups (broad SMARTS) is 2. The number of phenols is 1. The summed E-state index contributed by atoms with van der Waals surface area (Å²) in [5, 5.41) is 29.6. The number of carbonyl (C=O) groups is 6. The molecule has 3 N–H and O–H groups in total. The van der Waals surface area contributed by atoms with Gasteiger partial charge in [-0.1, -0.05) is 29.8 Å². The fraction of sp³-hybridized carbons (Fsp3) is 0.278. The Morgan fingerprint density at radius 1 is 0.750 bits per heavy atom. The molecule has 12 nitrogen and oxygen atoms in total. The Kier molecular flexibility index (Phi) is 7.38. The molecule has 3 aromatic rings. The number of ether oxygens (including phenoxy) is 1. The van der Waals surface area contributed by atoms with Gasteiger partial charge in [-0.2, -0.15) is 0 Å². The van der Waals surface area contributed by atoms with Crippen LogP contribution in [0.5, 0.6) is 11.5 Å². The standard InChI is InChI=1S/C36H30N2O10/c1-2-48-27-15-17(9-12-26(27)39)28-22-10-11-23-29(33(42)37(31(23)40)20-7-3-5-18(13-20)35(44)45)24(22)16-25-30(28)34(43)38(32(25)41)21-8-4-6-19(14-21)36(46)47/h3-10,12-15,23-25,28-30,39H,2,11,16H2,1H3,(H,44,45)(H,46,47)/t23-,24+,25+,28-,29-,30+/m0/s1. The van der Waals surface area contributed by atoms with E-state index in [1.54, 1.807) is 19.1 Å². The molecule has 4 amide bonds. The van der Waals surface area contributed by atoms with Crippen LogP contribution in [0.15, 0.2) is 78.4 Å². The predicted octanol–water partition coefficient (Wildman–Crippen LogP) is 4.23. The minimum Gasteiger partial charge on any atom is -0.504 e. The van der Waals surface area contributed by atoms with Crippen LogP contribution in [0.4, 0.5) is 11.4 Å². The molecule has 6 atom stereocenters. The van der Waals surface area contributed by atoms with Gasteiger partial charge in [-0.15, -0.1) is 0 Å². The van der Waals surface area contributed by atoms with E-state index in [9.17, 15) is 44.1 Å². The van der Waals surface area contributed by atoms with Gasteiger partial charge in [0.25, 0.3) is 0 Å². The Morgan fingerprint density at radius 2 is 1.33 bits per heavy atom. The Labute approximate surface area is 273 Å². The number of nitrogens with zero attached hydrogens (tertiary/aromatic N) is 2. The smallest absolute Gasteiger partial charge is 0.335 e. The molecule has 2 heterocycles. The number of aromatic carboxylic acids is 2. The number of benzene rings is 3. The van der Waals surface area contributed by atoms with Crippen LogP contribution in [0.1, 0.15) is 52.0 Å². The zero-order chi connectivity index (χ0) is 34.0. The molecule has 2 aliphatic carbocycles. The lowest BCUT2D eigenvalue weighted by atomic mass is 9.57.